The molecule has 2 rings (SSSR count). The number of carbonyl (C=O) groups is 1. The Balaban J connectivity index is 2.15. The van der Waals surface area contributed by atoms with Crippen molar-refractivity contribution in [3.63, 3.8) is 0 Å². The lowest BCUT2D eigenvalue weighted by atomic mass is 10.2. The number of aryl methyl sites for hydroxylation is 1. The second-order valence-corrected chi connectivity index (χ2v) is 6.20. The molecule has 0 bridgehead atoms. The van der Waals surface area contributed by atoms with Gasteiger partial charge in [-0.25, -0.2) is 4.79 Å². The molecule has 0 atom stereocenters. The van der Waals surface area contributed by atoms with Gasteiger partial charge in [0.2, 0.25) is 0 Å². The second-order valence-electron chi connectivity index (χ2n) is 5.82. The van der Waals surface area contributed by atoms with Gasteiger partial charge in [0, 0.05) is 12.7 Å². The van der Waals surface area contributed by atoms with Crippen LogP contribution in [-0.4, -0.2) is 30.9 Å². The van der Waals surface area contributed by atoms with Gasteiger partial charge in [-0.15, -0.1) is 0 Å². The molecule has 0 amide bonds. The molecule has 1 aromatic rings. The van der Waals surface area contributed by atoms with Gasteiger partial charge in [-0.1, -0.05) is 18.2 Å². The maximum absolute atomic E-state index is 12.0. The number of allylic oxidation sites excluding steroid dienone is 1. The summed E-state index contributed by atoms with van der Waals surface area (Å²) in [6.45, 7) is 6.13. The van der Waals surface area contributed by atoms with Crippen molar-refractivity contribution in [2.24, 2.45) is 5.92 Å². The summed E-state index contributed by atoms with van der Waals surface area (Å²) in [5.74, 6) is 1.20. The van der Waals surface area contributed by atoms with E-state index in [2.05, 4.69) is 11.9 Å². The molecule has 6 nitrogen and oxygen atoms in total. The SMILES string of the molecule is C=C(NC(C(=O)OC)=C(Cl)C(=N)N(C)Cc1ccc(C)o1)C1CC1. The number of amidine groups is 1. The number of ether oxygens (including phenoxy) is 1. The van der Waals surface area contributed by atoms with Crippen LogP contribution in [0.3, 0.4) is 0 Å². The highest BCUT2D eigenvalue weighted by Gasteiger charge is 2.28. The molecular formula is C17H22ClN3O3. The fourth-order valence-electron chi connectivity index (χ4n) is 2.16. The third-order valence-corrected chi connectivity index (χ3v) is 4.11. The Morgan fingerprint density at radius 2 is 2.21 bits per heavy atom. The van der Waals surface area contributed by atoms with Crippen LogP contribution < -0.4 is 5.32 Å². The lowest BCUT2D eigenvalue weighted by Gasteiger charge is -2.20. The summed E-state index contributed by atoms with van der Waals surface area (Å²) in [5.41, 5.74) is 0.745. The lowest BCUT2D eigenvalue weighted by Crippen LogP contribution is -2.30. The molecule has 0 unspecified atom stereocenters. The number of hydrogen-bond acceptors (Lipinski definition) is 5. The first kappa shape index (κ1) is 18.1. The first-order valence-corrected chi connectivity index (χ1v) is 8.00. The number of hydrogen-bond donors (Lipinski definition) is 2. The molecule has 0 saturated heterocycles. The topological polar surface area (TPSA) is 78.6 Å². The first-order valence-electron chi connectivity index (χ1n) is 7.62. The highest BCUT2D eigenvalue weighted by molar-refractivity contribution is 6.44. The molecule has 7 heteroatoms. The normalized spacial score (nSPS) is 14.7. The summed E-state index contributed by atoms with van der Waals surface area (Å²) in [6, 6.07) is 3.69. The van der Waals surface area contributed by atoms with Crippen molar-refractivity contribution < 1.29 is 13.9 Å². The fraction of sp³-hybridized carbons (Fsp3) is 0.412. The number of esters is 1. The molecule has 24 heavy (non-hydrogen) atoms. The van der Waals surface area contributed by atoms with Gasteiger partial charge in [-0.2, -0.15) is 0 Å². The van der Waals surface area contributed by atoms with Crippen LogP contribution in [0.4, 0.5) is 0 Å². The van der Waals surface area contributed by atoms with Crippen molar-refractivity contribution in [3.05, 3.63) is 46.7 Å². The fourth-order valence-corrected chi connectivity index (χ4v) is 2.43. The van der Waals surface area contributed by atoms with Crippen LogP contribution in [0.2, 0.25) is 0 Å². The summed E-state index contributed by atoms with van der Waals surface area (Å²) in [6.07, 6.45) is 2.07. The molecule has 0 spiro atoms. The zero-order valence-corrected chi connectivity index (χ0v) is 14.9. The average Bonchev–Trinajstić information content (AvgIpc) is 3.33. The Bertz CT molecular complexity index is 689. The molecular weight excluding hydrogens is 330 g/mol. The Morgan fingerprint density at radius 1 is 1.54 bits per heavy atom. The van der Waals surface area contributed by atoms with E-state index in [0.29, 0.717) is 23.9 Å². The van der Waals surface area contributed by atoms with E-state index < -0.39 is 5.97 Å². The summed E-state index contributed by atoms with van der Waals surface area (Å²) >= 11 is 6.28. The zero-order valence-electron chi connectivity index (χ0n) is 14.1. The van der Waals surface area contributed by atoms with E-state index in [-0.39, 0.29) is 16.6 Å². The quantitative estimate of drug-likeness (QED) is 0.341. The molecule has 1 aliphatic carbocycles. The highest BCUT2D eigenvalue weighted by Crippen LogP contribution is 2.34. The largest absolute Gasteiger partial charge is 0.464 e. The highest BCUT2D eigenvalue weighted by atomic mass is 35.5. The predicted octanol–water partition coefficient (Wildman–Crippen LogP) is 3.13. The van der Waals surface area contributed by atoms with Crippen LogP contribution in [0.25, 0.3) is 0 Å². The van der Waals surface area contributed by atoms with Crippen LogP contribution in [0.5, 0.6) is 0 Å². The van der Waals surface area contributed by atoms with Gasteiger partial charge in [-0.3, -0.25) is 5.41 Å². The van der Waals surface area contributed by atoms with Crippen molar-refractivity contribution in [3.8, 4) is 0 Å². The number of likely N-dealkylation sites (N-methyl/N-ethyl adjacent to an activating group) is 1. The van der Waals surface area contributed by atoms with Crippen molar-refractivity contribution in [1.29, 1.82) is 5.41 Å². The molecule has 0 aromatic carbocycles. The molecule has 0 aliphatic heterocycles. The van der Waals surface area contributed by atoms with Crippen LogP contribution in [0.1, 0.15) is 24.4 Å². The number of rotatable bonds is 7. The molecule has 2 N–H and O–H groups in total. The average molecular weight is 352 g/mol. The van der Waals surface area contributed by atoms with Gasteiger partial charge in [0.1, 0.15) is 28.1 Å². The minimum Gasteiger partial charge on any atom is -0.464 e. The molecule has 1 heterocycles. The lowest BCUT2D eigenvalue weighted by molar-refractivity contribution is -0.136. The second kappa shape index (κ2) is 7.57. The number of halogens is 1. The molecule has 1 aliphatic rings. The molecule has 130 valence electrons. The third kappa shape index (κ3) is 4.41. The molecule has 1 saturated carbocycles. The van der Waals surface area contributed by atoms with Gasteiger partial charge in [0.05, 0.1) is 13.7 Å². The van der Waals surface area contributed by atoms with Crippen LogP contribution >= 0.6 is 11.6 Å². The van der Waals surface area contributed by atoms with Gasteiger partial charge in [0.25, 0.3) is 0 Å². The number of carbonyl (C=O) groups excluding carboxylic acids is 1. The Labute approximate surface area is 146 Å². The Hall–Kier alpha value is -2.21. The van der Waals surface area contributed by atoms with Crippen LogP contribution in [0, 0.1) is 18.3 Å². The van der Waals surface area contributed by atoms with Gasteiger partial charge < -0.3 is 19.4 Å². The van der Waals surface area contributed by atoms with E-state index in [4.69, 9.17) is 26.2 Å². The van der Waals surface area contributed by atoms with Crippen molar-refractivity contribution in [1.82, 2.24) is 10.2 Å². The molecule has 0 radical (unpaired) electrons. The molecule has 1 fully saturated rings. The number of nitrogens with zero attached hydrogens (tertiary/aromatic N) is 1. The summed E-state index contributed by atoms with van der Waals surface area (Å²) in [5, 5.41) is 11.1. The zero-order chi connectivity index (χ0) is 17.9. The monoisotopic (exact) mass is 351 g/mol. The van der Waals surface area contributed by atoms with Crippen molar-refractivity contribution in [2.75, 3.05) is 14.2 Å². The standard InChI is InChI=1S/C17H22ClN3O3/c1-10-5-8-13(24-10)9-21(3)16(19)14(18)15(17(22)23-4)20-11(2)12-6-7-12/h5,8,12,19-20H,2,6-7,9H2,1,3-4H3. The summed E-state index contributed by atoms with van der Waals surface area (Å²) in [7, 11) is 2.97. The predicted molar refractivity (Wildman–Crippen MR) is 92.5 cm³/mol. The Kier molecular flexibility index (Phi) is 5.72. The number of nitrogens with one attached hydrogen (secondary N) is 2. The number of methoxy groups -OCH3 is 1. The van der Waals surface area contributed by atoms with E-state index in [9.17, 15) is 4.79 Å². The first-order chi connectivity index (χ1) is 11.3. The van der Waals surface area contributed by atoms with E-state index in [1.54, 1.807) is 11.9 Å². The smallest absolute Gasteiger partial charge is 0.356 e. The van der Waals surface area contributed by atoms with E-state index in [0.717, 1.165) is 18.6 Å². The molecule has 1 aromatic heterocycles. The van der Waals surface area contributed by atoms with Crippen LogP contribution in [-0.2, 0) is 16.1 Å². The van der Waals surface area contributed by atoms with E-state index in [1.807, 2.05) is 19.1 Å². The van der Waals surface area contributed by atoms with Gasteiger partial charge in [-0.05, 0) is 37.8 Å². The van der Waals surface area contributed by atoms with Gasteiger partial charge >= 0.3 is 5.97 Å². The van der Waals surface area contributed by atoms with Gasteiger partial charge in [0.15, 0.2) is 0 Å². The maximum Gasteiger partial charge on any atom is 0.356 e. The number of furan rings is 1. The van der Waals surface area contributed by atoms with Crippen molar-refractivity contribution >= 4 is 23.4 Å². The Morgan fingerprint density at radius 3 is 2.71 bits per heavy atom. The minimum atomic E-state index is -0.631. The van der Waals surface area contributed by atoms with Crippen molar-refractivity contribution in [2.45, 2.75) is 26.3 Å². The van der Waals surface area contributed by atoms with E-state index in [1.165, 1.54) is 7.11 Å². The van der Waals surface area contributed by atoms with Crippen LogP contribution in [0.15, 0.2) is 39.6 Å². The summed E-state index contributed by atoms with van der Waals surface area (Å²) in [4.78, 5) is 13.6. The third-order valence-electron chi connectivity index (χ3n) is 3.74. The maximum atomic E-state index is 12.0. The van der Waals surface area contributed by atoms with E-state index >= 15 is 0 Å². The summed E-state index contributed by atoms with van der Waals surface area (Å²) < 4.78 is 10.3. The minimum absolute atomic E-state index is 0.0118.